The maximum Gasteiger partial charge on any atom is 0.289 e. The first-order valence-electron chi connectivity index (χ1n) is 4.87. The minimum Gasteiger partial charge on any atom is -0.454 e. The Morgan fingerprint density at radius 2 is 2.18 bits per heavy atom. The summed E-state index contributed by atoms with van der Waals surface area (Å²) in [6, 6.07) is 5.60. The minimum atomic E-state index is -0.137. The van der Waals surface area contributed by atoms with E-state index in [2.05, 4.69) is 5.32 Å². The van der Waals surface area contributed by atoms with Crippen LogP contribution in [0.1, 0.15) is 5.56 Å². The van der Waals surface area contributed by atoms with Crippen LogP contribution in [-0.2, 0) is 0 Å². The van der Waals surface area contributed by atoms with Gasteiger partial charge in [0.2, 0.25) is 6.79 Å². The number of hydrogen-bond acceptors (Lipinski definition) is 5. The summed E-state index contributed by atoms with van der Waals surface area (Å²) in [6.45, 7) is 0.253. The number of nitrogens with one attached hydrogen (secondary N) is 1. The molecule has 17 heavy (non-hydrogen) atoms. The lowest BCUT2D eigenvalue weighted by Crippen LogP contribution is -2.15. The molecule has 2 aliphatic rings. The number of fused-ring (bicyclic) bond motifs is 1. The lowest BCUT2D eigenvalue weighted by molar-refractivity contribution is 0.174. The molecule has 6 heteroatoms. The number of carbonyl (C=O) groups is 1. The summed E-state index contributed by atoms with van der Waals surface area (Å²) < 4.78 is 10.5. The van der Waals surface area contributed by atoms with Gasteiger partial charge in [-0.15, -0.1) is 0 Å². The molecule has 86 valence electrons. The fourth-order valence-corrected chi connectivity index (χ4v) is 2.61. The summed E-state index contributed by atoms with van der Waals surface area (Å²) in [6.07, 6.45) is 1.85. The number of hydrogen-bond donors (Lipinski definition) is 1. The van der Waals surface area contributed by atoms with Crippen molar-refractivity contribution in [2.75, 3.05) is 6.79 Å². The Kier molecular flexibility index (Phi) is 2.53. The van der Waals surface area contributed by atoms with E-state index in [0.29, 0.717) is 10.7 Å². The molecule has 0 spiro atoms. The summed E-state index contributed by atoms with van der Waals surface area (Å²) in [5.74, 6) is 1.45. The summed E-state index contributed by atoms with van der Waals surface area (Å²) in [5.41, 5.74) is 0.926. The maximum atomic E-state index is 11.1. The second kappa shape index (κ2) is 4.05. The highest BCUT2D eigenvalue weighted by molar-refractivity contribution is 8.19. The first-order chi connectivity index (χ1) is 8.22. The van der Waals surface area contributed by atoms with Gasteiger partial charge in [-0.05, 0) is 35.5 Å². The van der Waals surface area contributed by atoms with E-state index in [1.165, 1.54) is 0 Å². The number of amides is 1. The molecule has 3 rings (SSSR count). The Labute approximate surface area is 107 Å². The molecule has 0 aromatic heterocycles. The molecular weight excluding hydrogens is 258 g/mol. The average Bonchev–Trinajstić information content (AvgIpc) is 2.85. The Hall–Kier alpha value is -1.53. The lowest BCUT2D eigenvalue weighted by Gasteiger charge is -1.99. The van der Waals surface area contributed by atoms with E-state index in [4.69, 9.17) is 21.7 Å². The zero-order chi connectivity index (χ0) is 11.8. The monoisotopic (exact) mass is 265 g/mol. The quantitative estimate of drug-likeness (QED) is 0.624. The van der Waals surface area contributed by atoms with Crippen LogP contribution in [-0.4, -0.2) is 17.0 Å². The third kappa shape index (κ3) is 2.01. The van der Waals surface area contributed by atoms with Crippen LogP contribution in [0.15, 0.2) is 23.1 Å². The molecule has 4 nitrogen and oxygen atoms in total. The summed E-state index contributed by atoms with van der Waals surface area (Å²) in [4.78, 5) is 12.3. The van der Waals surface area contributed by atoms with E-state index in [-0.39, 0.29) is 12.0 Å². The third-order valence-corrected chi connectivity index (χ3v) is 3.62. The molecule has 0 atom stereocenters. The van der Waals surface area contributed by atoms with Crippen molar-refractivity contribution in [2.45, 2.75) is 0 Å². The molecule has 1 aromatic rings. The number of thiocarbonyl (C=S) groups is 1. The van der Waals surface area contributed by atoms with E-state index in [1.807, 2.05) is 24.3 Å². The number of benzene rings is 1. The van der Waals surface area contributed by atoms with Gasteiger partial charge in [0.1, 0.15) is 4.99 Å². The molecule has 0 unspecified atom stereocenters. The summed E-state index contributed by atoms with van der Waals surface area (Å²) in [7, 11) is 0. The normalized spacial score (nSPS) is 19.9. The van der Waals surface area contributed by atoms with E-state index in [1.54, 1.807) is 0 Å². The second-order valence-electron chi connectivity index (χ2n) is 3.46. The van der Waals surface area contributed by atoms with Gasteiger partial charge in [-0.2, -0.15) is 0 Å². The van der Waals surface area contributed by atoms with Gasteiger partial charge in [0.05, 0.1) is 4.91 Å². The molecule has 1 saturated heterocycles. The van der Waals surface area contributed by atoms with Gasteiger partial charge in [0.15, 0.2) is 11.5 Å². The smallest absolute Gasteiger partial charge is 0.289 e. The predicted octanol–water partition coefficient (Wildman–Crippen LogP) is 2.54. The van der Waals surface area contributed by atoms with Crippen LogP contribution < -0.4 is 14.8 Å². The van der Waals surface area contributed by atoms with Crippen molar-refractivity contribution in [3.63, 3.8) is 0 Å². The van der Waals surface area contributed by atoms with Crippen LogP contribution in [0.3, 0.4) is 0 Å². The highest BCUT2D eigenvalue weighted by atomic mass is 32.2. The number of ether oxygens (including phenoxy) is 2. The first kappa shape index (κ1) is 10.6. The van der Waals surface area contributed by atoms with Crippen molar-refractivity contribution in [1.29, 1.82) is 0 Å². The fourth-order valence-electron chi connectivity index (χ4n) is 1.58. The second-order valence-corrected chi connectivity index (χ2v) is 4.89. The predicted molar refractivity (Wildman–Crippen MR) is 69.3 cm³/mol. The molecule has 1 aromatic carbocycles. The Morgan fingerprint density at radius 3 is 2.94 bits per heavy atom. The summed E-state index contributed by atoms with van der Waals surface area (Å²) >= 11 is 6.14. The van der Waals surface area contributed by atoms with Crippen LogP contribution in [0, 0.1) is 0 Å². The zero-order valence-corrected chi connectivity index (χ0v) is 10.2. The van der Waals surface area contributed by atoms with Gasteiger partial charge >= 0.3 is 0 Å². The van der Waals surface area contributed by atoms with Gasteiger partial charge in [0.25, 0.3) is 5.24 Å². The highest BCUT2D eigenvalue weighted by Crippen LogP contribution is 2.34. The van der Waals surface area contributed by atoms with Gasteiger partial charge in [0, 0.05) is 0 Å². The van der Waals surface area contributed by atoms with Crippen LogP contribution in [0.25, 0.3) is 6.08 Å². The van der Waals surface area contributed by atoms with E-state index in [0.717, 1.165) is 28.0 Å². The number of rotatable bonds is 1. The van der Waals surface area contributed by atoms with Crippen molar-refractivity contribution in [3.05, 3.63) is 28.7 Å². The van der Waals surface area contributed by atoms with Crippen LogP contribution in [0.2, 0.25) is 0 Å². The van der Waals surface area contributed by atoms with Gasteiger partial charge in [-0.3, -0.25) is 4.79 Å². The molecule has 1 amide bonds. The van der Waals surface area contributed by atoms with Crippen molar-refractivity contribution in [2.24, 2.45) is 0 Å². The molecule has 1 N–H and O–H groups in total. The van der Waals surface area contributed by atoms with Crippen molar-refractivity contribution in [3.8, 4) is 11.5 Å². The fraction of sp³-hybridized carbons (Fsp3) is 0.0909. The largest absolute Gasteiger partial charge is 0.454 e. The number of thioether (sulfide) groups is 1. The maximum absolute atomic E-state index is 11.1. The molecule has 0 saturated carbocycles. The molecule has 0 aliphatic carbocycles. The lowest BCUT2D eigenvalue weighted by atomic mass is 10.2. The van der Waals surface area contributed by atoms with Crippen LogP contribution in [0.4, 0.5) is 4.79 Å². The van der Waals surface area contributed by atoms with Gasteiger partial charge in [-0.1, -0.05) is 18.3 Å². The Balaban J connectivity index is 1.93. The van der Waals surface area contributed by atoms with Crippen LogP contribution >= 0.6 is 24.0 Å². The Morgan fingerprint density at radius 1 is 1.35 bits per heavy atom. The molecular formula is C11H7NO3S2. The summed E-state index contributed by atoms with van der Waals surface area (Å²) in [5, 5.41) is 2.43. The average molecular weight is 265 g/mol. The minimum absolute atomic E-state index is 0.137. The molecule has 2 aliphatic heterocycles. The zero-order valence-electron chi connectivity index (χ0n) is 8.56. The van der Waals surface area contributed by atoms with E-state index < -0.39 is 0 Å². The van der Waals surface area contributed by atoms with Crippen molar-refractivity contribution in [1.82, 2.24) is 5.32 Å². The van der Waals surface area contributed by atoms with Gasteiger partial charge < -0.3 is 14.8 Å². The SMILES string of the molecule is O=C1NC(=S)C(=Cc2ccc3c(c2)OCO3)S1. The standard InChI is InChI=1S/C11H7NO3S2/c13-11-12-10(16)9(17-11)4-6-1-2-7-8(3-6)15-5-14-7/h1-4H,5H2,(H,12,13,16). The van der Waals surface area contributed by atoms with E-state index in [9.17, 15) is 4.79 Å². The molecule has 2 heterocycles. The topological polar surface area (TPSA) is 47.6 Å². The van der Waals surface area contributed by atoms with Crippen molar-refractivity contribution >= 4 is 40.3 Å². The first-order valence-corrected chi connectivity index (χ1v) is 6.09. The third-order valence-electron chi connectivity index (χ3n) is 2.34. The molecule has 0 bridgehead atoms. The van der Waals surface area contributed by atoms with Crippen LogP contribution in [0.5, 0.6) is 11.5 Å². The Bertz CT molecular complexity index is 554. The molecule has 0 radical (unpaired) electrons. The number of carbonyl (C=O) groups excluding carboxylic acids is 1. The van der Waals surface area contributed by atoms with E-state index >= 15 is 0 Å². The van der Waals surface area contributed by atoms with Crippen molar-refractivity contribution < 1.29 is 14.3 Å². The highest BCUT2D eigenvalue weighted by Gasteiger charge is 2.21. The molecule has 1 fully saturated rings. The van der Waals surface area contributed by atoms with Gasteiger partial charge in [-0.25, -0.2) is 0 Å².